The van der Waals surface area contributed by atoms with Gasteiger partial charge in [-0.1, -0.05) is 51.5 Å². The molecule has 7 rings (SSSR count). The van der Waals surface area contributed by atoms with E-state index in [4.69, 9.17) is 14.6 Å². The first-order valence-electron chi connectivity index (χ1n) is 15.1. The zero-order valence-electron chi connectivity index (χ0n) is 25.2. The van der Waals surface area contributed by atoms with E-state index < -0.39 is 23.9 Å². The monoisotopic (exact) mass is 682 g/mol. The number of nitrogens with zero attached hydrogens (tertiary/aromatic N) is 6. The van der Waals surface area contributed by atoms with Crippen LogP contribution in [0.4, 0.5) is 5.69 Å². The van der Waals surface area contributed by atoms with E-state index in [1.54, 1.807) is 32.4 Å². The van der Waals surface area contributed by atoms with Crippen molar-refractivity contribution in [3.63, 3.8) is 0 Å². The van der Waals surface area contributed by atoms with Gasteiger partial charge in [0.25, 0.3) is 17.7 Å². The van der Waals surface area contributed by atoms with E-state index in [9.17, 15) is 14.4 Å². The van der Waals surface area contributed by atoms with Crippen LogP contribution in [0, 0.1) is 5.92 Å². The normalized spacial score (nSPS) is 24.4. The molecule has 12 heteroatoms. The summed E-state index contributed by atoms with van der Waals surface area (Å²) in [5.41, 5.74) is 4.35. The van der Waals surface area contributed by atoms with Crippen molar-refractivity contribution in [2.24, 2.45) is 21.4 Å². The zero-order valence-corrected chi connectivity index (χ0v) is 26.8. The van der Waals surface area contributed by atoms with E-state index in [-0.39, 0.29) is 24.4 Å². The van der Waals surface area contributed by atoms with Gasteiger partial charge in [-0.05, 0) is 84.5 Å². The molecule has 0 bridgehead atoms. The molecule has 3 amide bonds. The van der Waals surface area contributed by atoms with Gasteiger partial charge in [0.15, 0.2) is 12.1 Å². The fraction of sp³-hybridized carbons (Fsp3) is 0.294. The Morgan fingerprint density at radius 3 is 2.37 bits per heavy atom. The van der Waals surface area contributed by atoms with Crippen molar-refractivity contribution >= 4 is 51.1 Å². The highest BCUT2D eigenvalue weighted by atomic mass is 79.9. The number of ether oxygens (including phenoxy) is 2. The molecular weight excluding hydrogens is 652 g/mol. The first-order valence-corrected chi connectivity index (χ1v) is 15.9. The van der Waals surface area contributed by atoms with Crippen molar-refractivity contribution < 1.29 is 23.9 Å². The van der Waals surface area contributed by atoms with Crippen LogP contribution in [0.1, 0.15) is 36.4 Å². The number of rotatable bonds is 7. The Morgan fingerprint density at radius 1 is 0.957 bits per heavy atom. The van der Waals surface area contributed by atoms with Crippen LogP contribution in [0.2, 0.25) is 0 Å². The lowest BCUT2D eigenvalue weighted by Crippen LogP contribution is -2.45. The molecule has 0 radical (unpaired) electrons. The smallest absolute Gasteiger partial charge is 0.264 e. The van der Waals surface area contributed by atoms with Gasteiger partial charge in [-0.2, -0.15) is 10.2 Å². The van der Waals surface area contributed by atoms with Crippen molar-refractivity contribution in [3.8, 4) is 11.5 Å². The van der Waals surface area contributed by atoms with E-state index in [0.717, 1.165) is 56.8 Å². The number of carbonyl (C=O) groups excluding carboxylic acids is 3. The molecule has 3 aromatic carbocycles. The molecule has 0 unspecified atom stereocenters. The average molecular weight is 684 g/mol. The molecule has 4 atom stereocenters. The summed E-state index contributed by atoms with van der Waals surface area (Å²) in [4.78, 5) is 42.1. The maximum Gasteiger partial charge on any atom is 0.264 e. The third-order valence-corrected chi connectivity index (χ3v) is 9.39. The van der Waals surface area contributed by atoms with Crippen molar-refractivity contribution in [1.29, 1.82) is 0 Å². The highest BCUT2D eigenvalue weighted by Gasteiger charge is 2.55. The van der Waals surface area contributed by atoms with Crippen molar-refractivity contribution in [1.82, 2.24) is 10.0 Å². The molecule has 3 aliphatic heterocycles. The second-order valence-corrected chi connectivity index (χ2v) is 12.5. The minimum absolute atomic E-state index is 0.0229. The lowest BCUT2D eigenvalue weighted by atomic mass is 9.77. The van der Waals surface area contributed by atoms with E-state index in [1.165, 1.54) is 10.0 Å². The van der Waals surface area contributed by atoms with Crippen LogP contribution in [-0.4, -0.2) is 66.3 Å². The van der Waals surface area contributed by atoms with Gasteiger partial charge in [0.1, 0.15) is 18.0 Å². The summed E-state index contributed by atoms with van der Waals surface area (Å²) in [6, 6.07) is 20.1. The predicted molar refractivity (Wildman–Crippen MR) is 174 cm³/mol. The predicted octanol–water partition coefficient (Wildman–Crippen LogP) is 5.58. The van der Waals surface area contributed by atoms with Crippen LogP contribution in [0.25, 0.3) is 6.08 Å². The van der Waals surface area contributed by atoms with Crippen LogP contribution in [-0.2, 0) is 14.4 Å². The van der Waals surface area contributed by atoms with Gasteiger partial charge in [-0.15, -0.1) is 0 Å². The van der Waals surface area contributed by atoms with Gasteiger partial charge in [0.05, 0.1) is 31.7 Å². The standard InChI is InChI=1S/C34H31BrN6O5/c1-45-25-13-9-20(10-14-25)17-22-5-3-8-27-29(22)37-41(31(27)21-11-15-26(46-2)16-12-21)28(42)19-39-32-30(36-38-39)33(43)40(34(32)44)24-7-4-6-23(35)18-24/h4,6-7,9-18,27,30-32H,3,5,8,19H2,1-2H3/b22-17+/t27-,30-,31-,32+/m0/s1. The second-order valence-electron chi connectivity index (χ2n) is 11.6. The number of allylic oxidation sites excluding steroid dienone is 1. The topological polar surface area (TPSA) is 116 Å². The van der Waals surface area contributed by atoms with Gasteiger partial charge in [0.2, 0.25) is 0 Å². The molecule has 4 aliphatic rings. The molecule has 0 aromatic heterocycles. The number of halogens is 1. The third kappa shape index (κ3) is 5.26. The number of fused-ring (bicyclic) bond motifs is 2. The Bertz CT molecular complexity index is 1790. The van der Waals surface area contributed by atoms with E-state index in [2.05, 4.69) is 32.3 Å². The molecule has 1 aliphatic carbocycles. The number of hydrogen-bond acceptors (Lipinski definition) is 9. The van der Waals surface area contributed by atoms with Crippen LogP contribution < -0.4 is 14.4 Å². The fourth-order valence-electron chi connectivity index (χ4n) is 6.68. The Morgan fingerprint density at radius 2 is 1.67 bits per heavy atom. The first-order chi connectivity index (χ1) is 22.4. The molecule has 3 heterocycles. The molecule has 0 spiro atoms. The first kappa shape index (κ1) is 29.8. The Hall–Kier alpha value is -4.84. The minimum Gasteiger partial charge on any atom is -0.497 e. The molecule has 3 aromatic rings. The largest absolute Gasteiger partial charge is 0.497 e. The number of anilines is 1. The SMILES string of the molecule is COc1ccc(/C=C2\CCC[C@H]3C2=NN(C(=O)CN2N=N[C@@H]4C(=O)N(c5cccc(Br)c5)C(=O)[C@@H]42)[C@H]3c2ccc(OC)cc2)cc1. The molecule has 1 saturated carbocycles. The van der Waals surface area contributed by atoms with E-state index in [0.29, 0.717) is 11.4 Å². The summed E-state index contributed by atoms with van der Waals surface area (Å²) in [6.45, 7) is -0.260. The number of benzene rings is 3. The Balaban J connectivity index is 1.19. The summed E-state index contributed by atoms with van der Waals surface area (Å²) in [7, 11) is 3.25. The number of hydrogen-bond donors (Lipinski definition) is 0. The number of methoxy groups -OCH3 is 2. The summed E-state index contributed by atoms with van der Waals surface area (Å²) in [6.07, 6.45) is 4.78. The van der Waals surface area contributed by atoms with Gasteiger partial charge < -0.3 is 9.47 Å². The quantitative estimate of drug-likeness (QED) is 0.300. The lowest BCUT2D eigenvalue weighted by molar-refractivity contribution is -0.136. The molecule has 1 saturated heterocycles. The van der Waals surface area contributed by atoms with E-state index in [1.807, 2.05) is 54.6 Å². The van der Waals surface area contributed by atoms with Gasteiger partial charge in [-0.3, -0.25) is 19.4 Å². The van der Waals surface area contributed by atoms with Crippen molar-refractivity contribution in [2.45, 2.75) is 37.4 Å². The summed E-state index contributed by atoms with van der Waals surface area (Å²) in [5, 5.41) is 16.1. The second kappa shape index (κ2) is 12.2. The maximum absolute atomic E-state index is 14.2. The minimum atomic E-state index is -1.01. The van der Waals surface area contributed by atoms with Crippen molar-refractivity contribution in [2.75, 3.05) is 25.7 Å². The zero-order chi connectivity index (χ0) is 31.9. The fourth-order valence-corrected chi connectivity index (χ4v) is 7.06. The number of amides is 3. The molecule has 11 nitrogen and oxygen atoms in total. The lowest BCUT2D eigenvalue weighted by Gasteiger charge is -2.30. The number of carbonyl (C=O) groups is 3. The highest BCUT2D eigenvalue weighted by Crippen LogP contribution is 2.45. The number of hydrazone groups is 1. The summed E-state index contributed by atoms with van der Waals surface area (Å²) < 4.78 is 11.4. The molecule has 46 heavy (non-hydrogen) atoms. The third-order valence-electron chi connectivity index (χ3n) is 8.89. The average Bonchev–Trinajstić information content (AvgIpc) is 3.74. The highest BCUT2D eigenvalue weighted by molar-refractivity contribution is 9.10. The van der Waals surface area contributed by atoms with Gasteiger partial charge in [-0.25, -0.2) is 9.91 Å². The van der Waals surface area contributed by atoms with Crippen LogP contribution in [0.3, 0.4) is 0 Å². The molecule has 2 fully saturated rings. The number of imide groups is 1. The van der Waals surface area contributed by atoms with Gasteiger partial charge >= 0.3 is 0 Å². The van der Waals surface area contributed by atoms with E-state index >= 15 is 0 Å². The maximum atomic E-state index is 14.2. The van der Waals surface area contributed by atoms with Crippen molar-refractivity contribution in [3.05, 3.63) is 94.0 Å². The summed E-state index contributed by atoms with van der Waals surface area (Å²) >= 11 is 3.40. The Labute approximate surface area is 274 Å². The van der Waals surface area contributed by atoms with Crippen LogP contribution >= 0.6 is 15.9 Å². The van der Waals surface area contributed by atoms with Gasteiger partial charge in [0, 0.05) is 10.4 Å². The summed E-state index contributed by atoms with van der Waals surface area (Å²) in [5.74, 6) is 0.194. The van der Waals surface area contributed by atoms with Crippen LogP contribution in [0.15, 0.2) is 98.3 Å². The molecule has 0 N–H and O–H groups in total. The Kier molecular flexibility index (Phi) is 7.89. The molecule has 234 valence electrons. The molecular formula is C34H31BrN6O5. The van der Waals surface area contributed by atoms with Crippen LogP contribution in [0.5, 0.6) is 11.5 Å².